The lowest BCUT2D eigenvalue weighted by Crippen LogP contribution is -2.52. The molecule has 152 valence electrons. The second-order valence-corrected chi connectivity index (χ2v) is 9.07. The molecule has 1 aliphatic heterocycles. The average Bonchev–Trinajstić information content (AvgIpc) is 2.86. The minimum Gasteiger partial charge on any atom is -0.444 e. The molecule has 0 unspecified atom stereocenters. The highest BCUT2D eigenvalue weighted by molar-refractivity contribution is 6.31. The molecule has 1 aliphatic rings. The second-order valence-electron chi connectivity index (χ2n) is 8.63. The number of carbonyl (C=O) groups is 1. The molecule has 0 spiro atoms. The van der Waals surface area contributed by atoms with E-state index in [4.69, 9.17) is 21.1 Å². The maximum absolute atomic E-state index is 12.8. The van der Waals surface area contributed by atoms with E-state index < -0.39 is 11.3 Å². The number of rotatable bonds is 3. The van der Waals surface area contributed by atoms with Gasteiger partial charge in [0, 0.05) is 35.9 Å². The van der Waals surface area contributed by atoms with Crippen LogP contribution in [0.5, 0.6) is 0 Å². The van der Waals surface area contributed by atoms with Crippen molar-refractivity contribution >= 4 is 34.3 Å². The molecule has 0 N–H and O–H groups in total. The molecule has 0 radical (unpaired) electrons. The van der Waals surface area contributed by atoms with E-state index in [1.165, 1.54) is 0 Å². The Balaban J connectivity index is 1.85. The fourth-order valence-electron chi connectivity index (χ4n) is 3.55. The molecule has 0 aliphatic carbocycles. The first-order valence-corrected chi connectivity index (χ1v) is 9.77. The lowest BCUT2D eigenvalue weighted by Gasteiger charge is -2.36. The molecule has 1 aromatic heterocycles. The molecule has 2 heterocycles. The third-order valence-corrected chi connectivity index (χ3v) is 4.98. The molecule has 1 aromatic carbocycles. The van der Waals surface area contributed by atoms with Gasteiger partial charge in [-0.1, -0.05) is 11.6 Å². The first kappa shape index (κ1) is 20.7. The smallest absolute Gasteiger partial charge is 0.412 e. The van der Waals surface area contributed by atoms with Gasteiger partial charge in [0.05, 0.1) is 18.2 Å². The van der Waals surface area contributed by atoms with Gasteiger partial charge in [-0.2, -0.15) is 0 Å². The van der Waals surface area contributed by atoms with E-state index in [0.29, 0.717) is 18.2 Å². The lowest BCUT2D eigenvalue weighted by molar-refractivity contribution is -0.0621. The molecule has 1 saturated heterocycles. The number of halogens is 1. The van der Waals surface area contributed by atoms with Gasteiger partial charge in [-0.15, -0.1) is 0 Å². The number of nitrogens with zero attached hydrogens (tertiary/aromatic N) is 3. The summed E-state index contributed by atoms with van der Waals surface area (Å²) in [6.07, 6.45) is 1.41. The first-order chi connectivity index (χ1) is 13.0. The van der Waals surface area contributed by atoms with Gasteiger partial charge in [0.25, 0.3) is 0 Å². The van der Waals surface area contributed by atoms with E-state index in [2.05, 4.69) is 9.88 Å². The summed E-state index contributed by atoms with van der Waals surface area (Å²) in [5.74, 6) is 0. The molecule has 1 fully saturated rings. The van der Waals surface area contributed by atoms with Gasteiger partial charge in [0.1, 0.15) is 11.3 Å². The fraction of sp³-hybridized carbons (Fsp3) is 0.524. The van der Waals surface area contributed by atoms with Crippen LogP contribution in [0.1, 0.15) is 34.6 Å². The van der Waals surface area contributed by atoms with Crippen LogP contribution in [-0.2, 0) is 9.47 Å². The van der Waals surface area contributed by atoms with Crippen LogP contribution in [0, 0.1) is 0 Å². The Kier molecular flexibility index (Phi) is 5.47. The third kappa shape index (κ3) is 4.33. The van der Waals surface area contributed by atoms with Crippen LogP contribution in [-0.4, -0.2) is 53.5 Å². The van der Waals surface area contributed by atoms with Crippen LogP contribution in [0.15, 0.2) is 30.5 Å². The zero-order chi connectivity index (χ0) is 20.7. The number of anilines is 1. The number of hydrogen-bond donors (Lipinski definition) is 0. The molecule has 0 bridgehead atoms. The number of ether oxygens (including phenoxy) is 2. The Hall–Kier alpha value is -2.05. The van der Waals surface area contributed by atoms with Crippen molar-refractivity contribution in [2.75, 3.05) is 25.1 Å². The van der Waals surface area contributed by atoms with E-state index in [9.17, 15) is 4.79 Å². The molecule has 7 heteroatoms. The number of aromatic nitrogens is 1. The van der Waals surface area contributed by atoms with Crippen LogP contribution < -0.4 is 4.90 Å². The molecule has 3 rings (SSSR count). The summed E-state index contributed by atoms with van der Waals surface area (Å²) in [4.78, 5) is 21.1. The van der Waals surface area contributed by atoms with Crippen molar-refractivity contribution in [2.24, 2.45) is 0 Å². The quantitative estimate of drug-likeness (QED) is 0.741. The van der Waals surface area contributed by atoms with Gasteiger partial charge in [0.2, 0.25) is 0 Å². The van der Waals surface area contributed by atoms with Crippen LogP contribution in [0.2, 0.25) is 5.02 Å². The van der Waals surface area contributed by atoms with E-state index in [-0.39, 0.29) is 12.1 Å². The largest absolute Gasteiger partial charge is 0.444 e. The average molecular weight is 406 g/mol. The monoisotopic (exact) mass is 405 g/mol. The number of carbonyl (C=O) groups excluding carboxylic acids is 1. The van der Waals surface area contributed by atoms with Gasteiger partial charge in [-0.3, -0.25) is 9.88 Å². The number of likely N-dealkylation sites (N-methyl/N-ethyl adjacent to an activating group) is 1. The Bertz CT molecular complexity index is 879. The Morgan fingerprint density at radius 1 is 1.39 bits per heavy atom. The van der Waals surface area contributed by atoms with Crippen LogP contribution in [0.25, 0.3) is 10.9 Å². The van der Waals surface area contributed by atoms with Crippen LogP contribution in [0.3, 0.4) is 0 Å². The highest BCUT2D eigenvalue weighted by Crippen LogP contribution is 2.32. The number of pyridine rings is 1. The Morgan fingerprint density at radius 3 is 2.79 bits per heavy atom. The fourth-order valence-corrected chi connectivity index (χ4v) is 3.72. The minimum atomic E-state index is -0.721. The predicted molar refractivity (Wildman–Crippen MR) is 112 cm³/mol. The van der Waals surface area contributed by atoms with Gasteiger partial charge < -0.3 is 14.4 Å². The van der Waals surface area contributed by atoms with E-state index in [0.717, 1.165) is 16.6 Å². The topological polar surface area (TPSA) is 54.9 Å². The summed E-state index contributed by atoms with van der Waals surface area (Å²) in [5, 5.41) is 1.67. The van der Waals surface area contributed by atoms with Crippen LogP contribution in [0.4, 0.5) is 10.5 Å². The third-order valence-electron chi connectivity index (χ3n) is 4.74. The SMILES string of the molecule is CN(C[C@@H]1COC(C)(C)N1C(=O)OC(C)(C)C)c1ccnc2cc(Cl)ccc12. The Labute approximate surface area is 171 Å². The van der Waals surface area contributed by atoms with Crippen molar-refractivity contribution in [3.63, 3.8) is 0 Å². The standard InChI is InChI=1S/C21H28ClN3O3/c1-20(2,3)28-19(26)25-15(13-27-21(25,4)5)12-24(6)18-9-10-23-17-11-14(22)7-8-16(17)18/h7-11,15H,12-13H2,1-6H3/t15-/m1/s1. The molecular formula is C21H28ClN3O3. The van der Waals surface area contributed by atoms with Gasteiger partial charge >= 0.3 is 6.09 Å². The number of hydrogen-bond acceptors (Lipinski definition) is 5. The van der Waals surface area contributed by atoms with Crippen molar-refractivity contribution in [3.8, 4) is 0 Å². The van der Waals surface area contributed by atoms with E-state index >= 15 is 0 Å². The van der Waals surface area contributed by atoms with Crippen LogP contribution >= 0.6 is 11.6 Å². The highest BCUT2D eigenvalue weighted by Gasteiger charge is 2.46. The molecule has 28 heavy (non-hydrogen) atoms. The molecule has 0 saturated carbocycles. The Morgan fingerprint density at radius 2 is 2.11 bits per heavy atom. The van der Waals surface area contributed by atoms with Gasteiger partial charge in [-0.05, 0) is 58.9 Å². The number of benzene rings is 1. The summed E-state index contributed by atoms with van der Waals surface area (Å²) in [5.41, 5.74) is 0.577. The van der Waals surface area contributed by atoms with E-state index in [1.807, 2.05) is 65.9 Å². The second kappa shape index (κ2) is 7.41. The van der Waals surface area contributed by atoms with Crippen molar-refractivity contribution in [3.05, 3.63) is 35.5 Å². The summed E-state index contributed by atoms with van der Waals surface area (Å²) in [6, 6.07) is 7.51. The van der Waals surface area contributed by atoms with Gasteiger partial charge in [-0.25, -0.2) is 4.79 Å². The van der Waals surface area contributed by atoms with Crippen molar-refractivity contribution in [1.29, 1.82) is 0 Å². The molecule has 1 amide bonds. The maximum Gasteiger partial charge on any atom is 0.412 e. The number of amides is 1. The molecule has 1 atom stereocenters. The van der Waals surface area contributed by atoms with Crippen molar-refractivity contribution in [2.45, 2.75) is 52.0 Å². The predicted octanol–water partition coefficient (Wildman–Crippen LogP) is 4.70. The van der Waals surface area contributed by atoms with Crippen molar-refractivity contribution in [1.82, 2.24) is 9.88 Å². The van der Waals surface area contributed by atoms with Crippen molar-refractivity contribution < 1.29 is 14.3 Å². The minimum absolute atomic E-state index is 0.134. The van der Waals surface area contributed by atoms with E-state index in [1.54, 1.807) is 11.1 Å². The summed E-state index contributed by atoms with van der Waals surface area (Å²) < 4.78 is 11.5. The highest BCUT2D eigenvalue weighted by atomic mass is 35.5. The zero-order valence-electron chi connectivity index (χ0n) is 17.3. The number of fused-ring (bicyclic) bond motifs is 1. The maximum atomic E-state index is 12.8. The lowest BCUT2D eigenvalue weighted by atomic mass is 10.1. The molecule has 2 aromatic rings. The molecule has 6 nitrogen and oxygen atoms in total. The summed E-state index contributed by atoms with van der Waals surface area (Å²) in [7, 11) is 2.00. The molecular weight excluding hydrogens is 378 g/mol. The first-order valence-electron chi connectivity index (χ1n) is 9.39. The summed E-state index contributed by atoms with van der Waals surface area (Å²) in [6.45, 7) is 10.4. The summed E-state index contributed by atoms with van der Waals surface area (Å²) >= 11 is 6.10. The zero-order valence-corrected chi connectivity index (χ0v) is 18.1. The normalized spacial score (nSPS) is 19.1. The van der Waals surface area contributed by atoms with Gasteiger partial charge in [0.15, 0.2) is 0 Å².